The Morgan fingerprint density at radius 2 is 0.784 bits per heavy atom. The van der Waals surface area contributed by atoms with E-state index in [1.165, 1.54) is 84.9 Å². The number of fused-ring (bicyclic) bond motifs is 2. The second-order valence-electron chi connectivity index (χ2n) is 15.5. The number of rotatable bonds is 15. The smallest absolute Gasteiger partial charge is 0.505 e. The Bertz CT molecular complexity index is 3700. The van der Waals surface area contributed by atoms with E-state index in [1.54, 1.807) is 12.1 Å². The molecule has 0 amide bonds. The van der Waals surface area contributed by atoms with Crippen LogP contribution in [0.2, 0.25) is 0 Å². The molecule has 0 aromatic heterocycles. The summed E-state index contributed by atoms with van der Waals surface area (Å²) in [6.45, 7) is 0. The number of carboxylic acid groups (broad SMARTS) is 4. The average Bonchev–Trinajstić information content (AvgIpc) is 3.32. The number of benzene rings is 8. The van der Waals surface area contributed by atoms with Crippen molar-refractivity contribution in [1.82, 2.24) is 0 Å². The normalized spacial score (nSPS) is 11.5. The summed E-state index contributed by atoms with van der Waals surface area (Å²) < 4.78 is 70.7. The number of phenols is 2. The summed E-state index contributed by atoms with van der Waals surface area (Å²) in [6, 6.07) is 29.2. The molecule has 8 rings (SSSR count). The van der Waals surface area contributed by atoms with Crippen molar-refractivity contribution in [3.05, 3.63) is 156 Å². The minimum Gasteiger partial charge on any atom is -0.505 e. The molecule has 0 aliphatic heterocycles. The van der Waals surface area contributed by atoms with Crippen LogP contribution in [0.3, 0.4) is 0 Å². The molecule has 74 heavy (non-hydrogen) atoms. The standard InChI is InChI=1S/C48H32N6O16S2.2Cu/c55-43-33-11-9-31(49-29-5-1-3-25(15-29)45(57)58)17-27(33)21-39(71(65,66)67)41(43)53-51-37-13-7-23(19-35(37)47(61)62)24-8-14-38(36(20-24)48(63)64)52-54-42-40(72(68,69)70)22-28-18-32(10-12-34(28)44(42)56)50-30-6-2-4-26(16-30)46(59)60;;/h1-22,49-50,55-56H,(H,57,58)(H,59,60)(H,61,62)(H,63,64)(H,65,66,67)(H,68,69,70);;/q;2*+2. The van der Waals surface area contributed by atoms with Crippen molar-refractivity contribution in [2.45, 2.75) is 9.79 Å². The summed E-state index contributed by atoms with van der Waals surface area (Å²) >= 11 is 0. The fourth-order valence-electron chi connectivity index (χ4n) is 7.39. The van der Waals surface area contributed by atoms with Crippen LogP contribution in [-0.2, 0) is 54.4 Å². The number of hydrogen-bond donors (Lipinski definition) is 10. The van der Waals surface area contributed by atoms with Crippen LogP contribution in [0.4, 0.5) is 45.5 Å². The topological polar surface area (TPSA) is 372 Å². The molecule has 2 radical (unpaired) electrons. The number of nitrogens with zero attached hydrogens (tertiary/aromatic N) is 4. The molecule has 0 spiro atoms. The van der Waals surface area contributed by atoms with Gasteiger partial charge in [-0.2, -0.15) is 16.8 Å². The Hall–Kier alpha value is -8.58. The number of nitrogens with one attached hydrogen (secondary N) is 2. The monoisotopic (exact) mass is 1140 g/mol. The summed E-state index contributed by atoms with van der Waals surface area (Å²) in [5, 5.41) is 83.1. The van der Waals surface area contributed by atoms with Gasteiger partial charge in [-0.3, -0.25) is 9.11 Å². The molecule has 0 aliphatic rings. The van der Waals surface area contributed by atoms with Gasteiger partial charge in [-0.15, -0.1) is 20.5 Å². The van der Waals surface area contributed by atoms with Crippen LogP contribution in [0.1, 0.15) is 41.4 Å². The quantitative estimate of drug-likeness (QED) is 0.0259. The van der Waals surface area contributed by atoms with Crippen molar-refractivity contribution in [2.24, 2.45) is 20.5 Å². The van der Waals surface area contributed by atoms with E-state index in [1.807, 2.05) is 0 Å². The molecule has 0 saturated heterocycles. The molecule has 26 heteroatoms. The zero-order chi connectivity index (χ0) is 51.8. The number of azo groups is 2. The van der Waals surface area contributed by atoms with Crippen molar-refractivity contribution in [3.63, 3.8) is 0 Å². The largest absolute Gasteiger partial charge is 2.00 e. The molecule has 0 atom stereocenters. The molecule has 380 valence electrons. The predicted octanol–water partition coefficient (Wildman–Crippen LogP) is 10.7. The maximum Gasteiger partial charge on any atom is 2.00 e. The number of carboxylic acids is 4. The maximum atomic E-state index is 12.6. The first kappa shape index (κ1) is 54.7. The van der Waals surface area contributed by atoms with E-state index in [-0.39, 0.29) is 89.3 Å². The molecule has 8 aromatic rings. The van der Waals surface area contributed by atoms with Gasteiger partial charge in [0.25, 0.3) is 20.2 Å². The number of phenolic OH excluding ortho intramolecular Hbond substituents is 2. The van der Waals surface area contributed by atoms with Gasteiger partial charge in [-0.05, 0) is 131 Å². The second-order valence-corrected chi connectivity index (χ2v) is 18.2. The number of aromatic carboxylic acids is 4. The SMILES string of the molecule is O=C(O)c1cccc(Nc2ccc3c(O)c(N=Nc4ccc(-c5ccc(N=Nc6c(S(=O)(=O)O)cc7cc(Nc8cccc(C(=O)O)c8)ccc7c6O)c(C(=O)O)c5)cc4C(=O)O)c(S(=O)(=O)O)cc3c2)c1.[Cu+2].[Cu+2]. The van der Waals surface area contributed by atoms with E-state index >= 15 is 0 Å². The fraction of sp³-hybridized carbons (Fsp3) is 0. The molecular weight excluding hydrogens is 1110 g/mol. The van der Waals surface area contributed by atoms with E-state index in [0.717, 1.165) is 36.4 Å². The number of anilines is 4. The van der Waals surface area contributed by atoms with Crippen LogP contribution >= 0.6 is 0 Å². The van der Waals surface area contributed by atoms with Crippen LogP contribution in [-0.4, -0.2) is 80.5 Å². The first-order valence-electron chi connectivity index (χ1n) is 20.4. The summed E-state index contributed by atoms with van der Waals surface area (Å²) in [7, 11) is -10.2. The zero-order valence-electron chi connectivity index (χ0n) is 36.8. The molecule has 0 saturated carbocycles. The Balaban J connectivity index is 0.00000446. The van der Waals surface area contributed by atoms with Gasteiger partial charge >= 0.3 is 58.0 Å². The molecule has 10 N–H and O–H groups in total. The van der Waals surface area contributed by atoms with Crippen LogP contribution in [0.15, 0.2) is 164 Å². The Labute approximate surface area is 437 Å². The van der Waals surface area contributed by atoms with E-state index in [9.17, 15) is 75.8 Å². The number of hydrogen-bond acceptors (Lipinski definition) is 16. The summed E-state index contributed by atoms with van der Waals surface area (Å²) in [5.74, 6) is -6.98. The molecular formula is C48H32Cu2N6O16S2+4. The predicted molar refractivity (Wildman–Crippen MR) is 258 cm³/mol. The third-order valence-electron chi connectivity index (χ3n) is 10.8. The summed E-state index contributed by atoms with van der Waals surface area (Å²) in [6.07, 6.45) is 0. The van der Waals surface area contributed by atoms with E-state index < -0.39 is 87.9 Å². The fourth-order valence-corrected chi connectivity index (χ4v) is 8.71. The second kappa shape index (κ2) is 21.6. The van der Waals surface area contributed by atoms with Gasteiger partial charge in [0.1, 0.15) is 32.5 Å². The van der Waals surface area contributed by atoms with Crippen molar-refractivity contribution >= 4 is 111 Å². The van der Waals surface area contributed by atoms with E-state index in [0.29, 0.717) is 22.7 Å². The molecule has 0 bridgehead atoms. The van der Waals surface area contributed by atoms with Gasteiger partial charge in [0.2, 0.25) is 0 Å². The van der Waals surface area contributed by atoms with E-state index in [4.69, 9.17) is 0 Å². The van der Waals surface area contributed by atoms with Crippen LogP contribution in [0.25, 0.3) is 32.7 Å². The molecule has 0 fully saturated rings. The van der Waals surface area contributed by atoms with Gasteiger partial charge in [0.05, 0.1) is 22.3 Å². The summed E-state index contributed by atoms with van der Waals surface area (Å²) in [4.78, 5) is 46.1. The molecule has 22 nitrogen and oxygen atoms in total. The van der Waals surface area contributed by atoms with E-state index in [2.05, 4.69) is 31.1 Å². The Morgan fingerprint density at radius 3 is 1.12 bits per heavy atom. The van der Waals surface area contributed by atoms with Gasteiger partial charge in [-0.25, -0.2) is 19.2 Å². The Morgan fingerprint density at radius 1 is 0.419 bits per heavy atom. The van der Waals surface area contributed by atoms with Gasteiger partial charge < -0.3 is 41.3 Å². The number of aromatic hydroxyl groups is 2. The Kier molecular flexibility index (Phi) is 16.0. The molecule has 8 aromatic carbocycles. The van der Waals surface area contributed by atoms with Crippen molar-refractivity contribution < 1.29 is 110 Å². The maximum absolute atomic E-state index is 12.6. The van der Waals surface area contributed by atoms with Gasteiger partial charge in [0.15, 0.2) is 11.5 Å². The molecule has 0 heterocycles. The first-order chi connectivity index (χ1) is 34.0. The third-order valence-corrected chi connectivity index (χ3v) is 12.5. The van der Waals surface area contributed by atoms with Crippen molar-refractivity contribution in [1.29, 1.82) is 0 Å². The minimum atomic E-state index is -5.12. The van der Waals surface area contributed by atoms with Crippen molar-refractivity contribution in [2.75, 3.05) is 10.6 Å². The van der Waals surface area contributed by atoms with Crippen LogP contribution in [0, 0.1) is 0 Å². The first-order valence-corrected chi connectivity index (χ1v) is 23.3. The van der Waals surface area contributed by atoms with Gasteiger partial charge in [-0.1, -0.05) is 24.3 Å². The minimum absolute atomic E-state index is 0. The van der Waals surface area contributed by atoms with Gasteiger partial charge in [0, 0.05) is 33.5 Å². The van der Waals surface area contributed by atoms with Crippen LogP contribution in [0.5, 0.6) is 11.5 Å². The average molecular weight is 1140 g/mol. The van der Waals surface area contributed by atoms with Crippen LogP contribution < -0.4 is 10.6 Å². The molecule has 0 unspecified atom stereocenters. The summed E-state index contributed by atoms with van der Waals surface area (Å²) in [5.41, 5.74) is -1.70. The van der Waals surface area contributed by atoms with Crippen molar-refractivity contribution in [3.8, 4) is 22.6 Å². The third kappa shape index (κ3) is 11.7. The molecule has 0 aliphatic carbocycles. The number of carbonyl (C=O) groups is 4. The zero-order valence-corrected chi connectivity index (χ0v) is 40.3.